The Hall–Kier alpha value is -1.64. The molecule has 1 aliphatic heterocycles. The van der Waals surface area contributed by atoms with Gasteiger partial charge in [0.2, 0.25) is 10.0 Å². The summed E-state index contributed by atoms with van der Waals surface area (Å²) in [5.74, 6) is -1.08. The molecule has 0 amide bonds. The lowest BCUT2D eigenvalue weighted by atomic mass is 10.2. The predicted molar refractivity (Wildman–Crippen MR) is 76.6 cm³/mol. The molecule has 2 fully saturated rings. The molecule has 0 atom stereocenters. The van der Waals surface area contributed by atoms with Gasteiger partial charge in [0.05, 0.1) is 31.9 Å². The van der Waals surface area contributed by atoms with Gasteiger partial charge < -0.3 is 14.6 Å². The molecule has 0 unspecified atom stereocenters. The molecule has 1 aromatic carbocycles. The number of rotatable bonds is 6. The molecule has 1 heterocycles. The summed E-state index contributed by atoms with van der Waals surface area (Å²) in [5.41, 5.74) is -0.0132. The quantitative estimate of drug-likeness (QED) is 0.836. The minimum Gasteiger partial charge on any atom is -0.495 e. The van der Waals surface area contributed by atoms with E-state index in [2.05, 4.69) is 0 Å². The molecule has 2 aliphatic rings. The highest BCUT2D eigenvalue weighted by molar-refractivity contribution is 7.89. The van der Waals surface area contributed by atoms with E-state index in [0.29, 0.717) is 13.2 Å². The van der Waals surface area contributed by atoms with Crippen LogP contribution in [0.3, 0.4) is 0 Å². The first kappa shape index (κ1) is 15.3. The van der Waals surface area contributed by atoms with E-state index in [1.807, 2.05) is 0 Å². The Labute approximate surface area is 128 Å². The van der Waals surface area contributed by atoms with Crippen LogP contribution >= 0.6 is 0 Å². The molecule has 1 N–H and O–H groups in total. The fourth-order valence-corrected chi connectivity index (χ4v) is 4.50. The maximum atomic E-state index is 13.0. The average Bonchev–Trinajstić information content (AvgIpc) is 3.25. The van der Waals surface area contributed by atoms with Crippen LogP contribution in [0, 0.1) is 0 Å². The minimum atomic E-state index is -3.75. The van der Waals surface area contributed by atoms with Crippen LogP contribution in [0.15, 0.2) is 23.1 Å². The Balaban J connectivity index is 2.02. The first-order valence-electron chi connectivity index (χ1n) is 6.97. The van der Waals surface area contributed by atoms with Crippen molar-refractivity contribution in [2.45, 2.75) is 29.8 Å². The number of aromatic carboxylic acids is 1. The van der Waals surface area contributed by atoms with Crippen molar-refractivity contribution in [3.8, 4) is 5.75 Å². The molecule has 7 nitrogen and oxygen atoms in total. The monoisotopic (exact) mass is 327 g/mol. The standard InChI is InChI=1S/C14H17NO6S/c1-20-12-6-9(14(16)17)2-5-13(12)22(18,19)15(10-3-4-10)11-7-21-8-11/h2,5-6,10-11H,3-4,7-8H2,1H3,(H,16,17). The number of ether oxygens (including phenoxy) is 2. The van der Waals surface area contributed by atoms with Gasteiger partial charge in [-0.25, -0.2) is 13.2 Å². The summed E-state index contributed by atoms with van der Waals surface area (Å²) in [6.45, 7) is 0.788. The number of carboxylic acids is 1. The number of carboxylic acid groups (broad SMARTS) is 1. The molecular weight excluding hydrogens is 310 g/mol. The molecule has 0 radical (unpaired) electrons. The summed E-state index contributed by atoms with van der Waals surface area (Å²) in [6, 6.07) is 3.66. The van der Waals surface area contributed by atoms with E-state index in [4.69, 9.17) is 14.6 Å². The first-order valence-corrected chi connectivity index (χ1v) is 8.41. The van der Waals surface area contributed by atoms with Gasteiger partial charge >= 0.3 is 5.97 Å². The Morgan fingerprint density at radius 2 is 2.00 bits per heavy atom. The fraction of sp³-hybridized carbons (Fsp3) is 0.500. The van der Waals surface area contributed by atoms with Gasteiger partial charge in [-0.1, -0.05) is 0 Å². The maximum absolute atomic E-state index is 13.0. The van der Waals surface area contributed by atoms with Crippen molar-refractivity contribution in [1.82, 2.24) is 4.31 Å². The van der Waals surface area contributed by atoms with Gasteiger partial charge in [-0.05, 0) is 31.0 Å². The summed E-state index contributed by atoms with van der Waals surface area (Å²) in [6.07, 6.45) is 1.68. The smallest absolute Gasteiger partial charge is 0.335 e. The van der Waals surface area contributed by atoms with Crippen molar-refractivity contribution in [1.29, 1.82) is 0 Å². The van der Waals surface area contributed by atoms with Crippen molar-refractivity contribution in [2.75, 3.05) is 20.3 Å². The predicted octanol–water partition coefficient (Wildman–Crippen LogP) is 0.945. The van der Waals surface area contributed by atoms with Crippen LogP contribution in [0.4, 0.5) is 0 Å². The number of methoxy groups -OCH3 is 1. The molecule has 0 bridgehead atoms. The molecule has 1 saturated carbocycles. The van der Waals surface area contributed by atoms with Gasteiger partial charge in [0, 0.05) is 6.04 Å². The summed E-state index contributed by atoms with van der Waals surface area (Å²) in [5, 5.41) is 9.01. The molecule has 1 aromatic rings. The Kier molecular flexibility index (Phi) is 3.84. The van der Waals surface area contributed by atoms with Crippen molar-refractivity contribution in [3.05, 3.63) is 23.8 Å². The third kappa shape index (κ3) is 2.57. The van der Waals surface area contributed by atoms with Gasteiger partial charge in [-0.3, -0.25) is 0 Å². The zero-order valence-corrected chi connectivity index (χ0v) is 12.9. The third-order valence-corrected chi connectivity index (χ3v) is 5.90. The second kappa shape index (κ2) is 5.53. The van der Waals surface area contributed by atoms with E-state index in [9.17, 15) is 13.2 Å². The number of hydrogen-bond donors (Lipinski definition) is 1. The Morgan fingerprint density at radius 3 is 2.45 bits per heavy atom. The van der Waals surface area contributed by atoms with Crippen molar-refractivity contribution >= 4 is 16.0 Å². The number of benzene rings is 1. The minimum absolute atomic E-state index is 0.00111. The normalized spacial score (nSPS) is 19.0. The summed E-state index contributed by atoms with van der Waals surface area (Å²) >= 11 is 0. The van der Waals surface area contributed by atoms with Gasteiger partial charge in [0.1, 0.15) is 10.6 Å². The van der Waals surface area contributed by atoms with E-state index in [1.54, 1.807) is 0 Å². The van der Waals surface area contributed by atoms with Gasteiger partial charge in [0.25, 0.3) is 0 Å². The fourth-order valence-electron chi connectivity index (χ4n) is 2.52. The van der Waals surface area contributed by atoms with E-state index in [1.165, 1.54) is 29.6 Å². The number of sulfonamides is 1. The summed E-state index contributed by atoms with van der Waals surface area (Å²) in [4.78, 5) is 11.0. The van der Waals surface area contributed by atoms with Crippen LogP contribution in [0.25, 0.3) is 0 Å². The lowest BCUT2D eigenvalue weighted by Gasteiger charge is -2.36. The van der Waals surface area contributed by atoms with Crippen molar-refractivity contribution in [3.63, 3.8) is 0 Å². The molecule has 3 rings (SSSR count). The van der Waals surface area contributed by atoms with Crippen LogP contribution in [-0.2, 0) is 14.8 Å². The van der Waals surface area contributed by atoms with Crippen LogP contribution < -0.4 is 4.74 Å². The topological polar surface area (TPSA) is 93.1 Å². The number of carbonyl (C=O) groups is 1. The SMILES string of the molecule is COc1cc(C(=O)O)ccc1S(=O)(=O)N(C1CC1)C1COC1. The van der Waals surface area contributed by atoms with E-state index in [0.717, 1.165) is 12.8 Å². The largest absolute Gasteiger partial charge is 0.495 e. The molecule has 1 aliphatic carbocycles. The van der Waals surface area contributed by atoms with Crippen LogP contribution in [0.1, 0.15) is 23.2 Å². The molecular formula is C14H17NO6S. The zero-order chi connectivity index (χ0) is 15.9. The molecule has 0 aromatic heterocycles. The van der Waals surface area contributed by atoms with Crippen LogP contribution in [-0.4, -0.2) is 56.2 Å². The summed E-state index contributed by atoms with van der Waals surface area (Å²) < 4.78 is 37.6. The highest BCUT2D eigenvalue weighted by Gasteiger charge is 2.46. The molecule has 1 saturated heterocycles. The van der Waals surface area contributed by atoms with Crippen molar-refractivity contribution in [2.24, 2.45) is 0 Å². The van der Waals surface area contributed by atoms with Crippen molar-refractivity contribution < 1.29 is 27.8 Å². The Morgan fingerprint density at radius 1 is 1.32 bits per heavy atom. The van der Waals surface area contributed by atoms with Crippen LogP contribution in [0.5, 0.6) is 5.75 Å². The highest BCUT2D eigenvalue weighted by atomic mass is 32.2. The second-order valence-electron chi connectivity index (χ2n) is 5.43. The second-order valence-corrected chi connectivity index (χ2v) is 7.24. The molecule has 8 heteroatoms. The lowest BCUT2D eigenvalue weighted by Crippen LogP contribution is -2.52. The van der Waals surface area contributed by atoms with Gasteiger partial charge in [-0.15, -0.1) is 0 Å². The Bertz CT molecular complexity index is 693. The molecule has 22 heavy (non-hydrogen) atoms. The molecule has 0 spiro atoms. The third-order valence-electron chi connectivity index (χ3n) is 3.85. The van der Waals surface area contributed by atoms with E-state index >= 15 is 0 Å². The van der Waals surface area contributed by atoms with Crippen LogP contribution in [0.2, 0.25) is 0 Å². The summed E-state index contributed by atoms with van der Waals surface area (Å²) in [7, 11) is -2.42. The maximum Gasteiger partial charge on any atom is 0.335 e. The zero-order valence-electron chi connectivity index (χ0n) is 12.1. The number of hydrogen-bond acceptors (Lipinski definition) is 5. The lowest BCUT2D eigenvalue weighted by molar-refractivity contribution is -0.0388. The number of nitrogens with zero attached hydrogens (tertiary/aromatic N) is 1. The van der Waals surface area contributed by atoms with Gasteiger partial charge in [-0.2, -0.15) is 4.31 Å². The average molecular weight is 327 g/mol. The van der Waals surface area contributed by atoms with E-state index in [-0.39, 0.29) is 28.3 Å². The highest BCUT2D eigenvalue weighted by Crippen LogP contribution is 2.38. The van der Waals surface area contributed by atoms with E-state index < -0.39 is 16.0 Å². The van der Waals surface area contributed by atoms with Gasteiger partial charge in [0.15, 0.2) is 0 Å². The first-order chi connectivity index (χ1) is 10.4. The molecule has 120 valence electrons.